The number of carbonyl (C=O) groups excluding carboxylic acids is 4. The number of aliphatic hydroxyl groups is 1. The predicted molar refractivity (Wildman–Crippen MR) is 185 cm³/mol. The second kappa shape index (κ2) is 14.6. The quantitative estimate of drug-likeness (QED) is 0.324. The van der Waals surface area contributed by atoms with Crippen LogP contribution < -0.4 is 15.1 Å². The van der Waals surface area contributed by atoms with E-state index in [1.54, 1.807) is 24.0 Å². The zero-order valence-electron chi connectivity index (χ0n) is 28.4. The lowest BCUT2D eigenvalue weighted by Crippen LogP contribution is -2.59. The standard InChI is InChI=1S/C38H46N4O7/c1-4-40(5-2)27-15-17-28(18-16-27)41-21-11-7-10-14-31(44)39-23-25(3)48-37(47)32-30-19-20-38(49-30)33(32)35(45)42(34(38)36(41)46)29(24-43)22-26-12-8-6-9-13-26/h6-9,11-13,15-20,25,29-30,32-34,43H,4-5,10,14,21-24H2,1-3H3,(H,39,44)/b11-7-/t25-,29-,30+,32-,33-,34+,38-/m1/s1. The van der Waals surface area contributed by atoms with Crippen LogP contribution in [0, 0.1) is 11.8 Å². The second-order valence-electron chi connectivity index (χ2n) is 13.2. The molecule has 0 unspecified atom stereocenters. The van der Waals surface area contributed by atoms with Crippen LogP contribution >= 0.6 is 0 Å². The Morgan fingerprint density at radius 1 is 1.00 bits per heavy atom. The van der Waals surface area contributed by atoms with Gasteiger partial charge in [-0.25, -0.2) is 0 Å². The Morgan fingerprint density at radius 3 is 2.43 bits per heavy atom. The Bertz CT molecular complexity index is 1590. The van der Waals surface area contributed by atoms with Crippen molar-refractivity contribution < 1.29 is 33.8 Å². The molecule has 0 aromatic heterocycles. The van der Waals surface area contributed by atoms with Crippen LogP contribution in [0.4, 0.5) is 11.4 Å². The third-order valence-electron chi connectivity index (χ3n) is 10.2. The van der Waals surface area contributed by atoms with Gasteiger partial charge in [0, 0.05) is 37.4 Å². The van der Waals surface area contributed by atoms with Crippen molar-refractivity contribution in [2.75, 3.05) is 42.6 Å². The average Bonchev–Trinajstić information content (AvgIpc) is 3.76. The first-order valence-corrected chi connectivity index (χ1v) is 17.3. The van der Waals surface area contributed by atoms with Crippen molar-refractivity contribution >= 4 is 35.1 Å². The largest absolute Gasteiger partial charge is 0.460 e. The normalized spacial score (nSPS) is 29.8. The van der Waals surface area contributed by atoms with Crippen molar-refractivity contribution in [1.82, 2.24) is 10.2 Å². The summed E-state index contributed by atoms with van der Waals surface area (Å²) in [5, 5.41) is 13.6. The van der Waals surface area contributed by atoms with Crippen LogP contribution in [0.3, 0.4) is 0 Å². The molecule has 2 fully saturated rings. The number of anilines is 2. The number of nitrogens with one attached hydrogen (secondary N) is 1. The molecule has 0 saturated carbocycles. The Morgan fingerprint density at radius 2 is 1.73 bits per heavy atom. The maximum absolute atomic E-state index is 15.2. The molecule has 2 aromatic rings. The smallest absolute Gasteiger partial charge is 0.313 e. The molecule has 0 radical (unpaired) electrons. The van der Waals surface area contributed by atoms with Gasteiger partial charge in [0.2, 0.25) is 11.8 Å². The summed E-state index contributed by atoms with van der Waals surface area (Å²) < 4.78 is 12.3. The summed E-state index contributed by atoms with van der Waals surface area (Å²) in [5.74, 6) is -3.66. The first-order chi connectivity index (χ1) is 23.7. The molecule has 4 heterocycles. The van der Waals surface area contributed by atoms with Crippen LogP contribution in [0.5, 0.6) is 0 Å². The number of esters is 1. The van der Waals surface area contributed by atoms with Gasteiger partial charge in [-0.1, -0.05) is 54.6 Å². The number of benzene rings is 2. The van der Waals surface area contributed by atoms with Gasteiger partial charge in [0.25, 0.3) is 5.91 Å². The Kier molecular flexibility index (Phi) is 10.2. The van der Waals surface area contributed by atoms with Gasteiger partial charge in [0.1, 0.15) is 23.7 Å². The molecule has 260 valence electrons. The lowest BCUT2D eigenvalue weighted by atomic mass is 9.74. The summed E-state index contributed by atoms with van der Waals surface area (Å²) in [5.41, 5.74) is 1.09. The van der Waals surface area contributed by atoms with E-state index in [1.165, 1.54) is 4.90 Å². The van der Waals surface area contributed by atoms with Crippen LogP contribution in [0.2, 0.25) is 0 Å². The van der Waals surface area contributed by atoms with Crippen LogP contribution in [-0.2, 0) is 35.1 Å². The van der Waals surface area contributed by atoms with Crippen molar-refractivity contribution in [3.63, 3.8) is 0 Å². The van der Waals surface area contributed by atoms with Crippen molar-refractivity contribution in [3.8, 4) is 0 Å². The van der Waals surface area contributed by atoms with Crippen LogP contribution in [0.1, 0.15) is 39.2 Å². The Hall–Kier alpha value is -4.48. The highest BCUT2D eigenvalue weighted by molar-refractivity contribution is 6.05. The molecule has 1 spiro atoms. The molecule has 49 heavy (non-hydrogen) atoms. The third kappa shape index (κ3) is 6.49. The van der Waals surface area contributed by atoms with Crippen molar-refractivity contribution in [1.29, 1.82) is 0 Å². The SMILES string of the molecule is CCN(CC)c1ccc(N2C/C=C\CCC(=O)NC[C@@H](C)OC(=O)[C@@H]3[C@@H]4C=C[C@]5(O4)[C@H](C2=O)N([C@@H](CO)Cc2ccccc2)C(=O)[C@@H]35)cc1. The van der Waals surface area contributed by atoms with Gasteiger partial charge in [-0.05, 0) is 63.4 Å². The third-order valence-corrected chi connectivity index (χ3v) is 10.2. The molecule has 5 bridgehead atoms. The van der Waals surface area contributed by atoms with Gasteiger partial charge < -0.3 is 34.6 Å². The lowest BCUT2D eigenvalue weighted by Gasteiger charge is -2.39. The summed E-state index contributed by atoms with van der Waals surface area (Å²) in [6.07, 6.45) is 6.80. The summed E-state index contributed by atoms with van der Waals surface area (Å²) in [6.45, 7) is 7.41. The molecular weight excluding hydrogens is 624 g/mol. The summed E-state index contributed by atoms with van der Waals surface area (Å²) in [6, 6.07) is 15.3. The van der Waals surface area contributed by atoms with E-state index in [4.69, 9.17) is 9.47 Å². The number of ether oxygens (including phenoxy) is 2. The average molecular weight is 671 g/mol. The highest BCUT2D eigenvalue weighted by Crippen LogP contribution is 2.56. The van der Waals surface area contributed by atoms with Crippen molar-refractivity contribution in [2.24, 2.45) is 11.8 Å². The molecule has 6 rings (SSSR count). The molecular formula is C38H46N4O7. The maximum atomic E-state index is 15.2. The van der Waals surface area contributed by atoms with E-state index < -0.39 is 66.1 Å². The number of amides is 3. The summed E-state index contributed by atoms with van der Waals surface area (Å²) >= 11 is 0. The van der Waals surface area contributed by atoms with Crippen molar-refractivity contribution in [2.45, 2.75) is 69.9 Å². The number of nitrogens with zero attached hydrogens (tertiary/aromatic N) is 3. The van der Waals surface area contributed by atoms with Gasteiger partial charge in [0.15, 0.2) is 0 Å². The van der Waals surface area contributed by atoms with Crippen molar-refractivity contribution in [3.05, 3.63) is 84.5 Å². The van der Waals surface area contributed by atoms with Crippen LogP contribution in [0.15, 0.2) is 78.9 Å². The van der Waals surface area contributed by atoms with Gasteiger partial charge in [-0.15, -0.1) is 0 Å². The van der Waals surface area contributed by atoms with Crippen LogP contribution in [0.25, 0.3) is 0 Å². The highest BCUT2D eigenvalue weighted by Gasteiger charge is 2.74. The first-order valence-electron chi connectivity index (χ1n) is 17.3. The summed E-state index contributed by atoms with van der Waals surface area (Å²) in [4.78, 5) is 61.5. The number of carbonyl (C=O) groups is 4. The fourth-order valence-corrected chi connectivity index (χ4v) is 7.77. The number of aliphatic hydroxyl groups excluding tert-OH is 1. The molecule has 2 saturated heterocycles. The Labute approximate surface area is 287 Å². The molecule has 3 amide bonds. The van der Waals surface area contributed by atoms with Crippen LogP contribution in [-0.4, -0.2) is 96.4 Å². The number of cyclic esters (lactones) is 1. The van der Waals surface area contributed by atoms with Gasteiger partial charge in [-0.3, -0.25) is 19.2 Å². The molecule has 11 nitrogen and oxygen atoms in total. The monoisotopic (exact) mass is 670 g/mol. The molecule has 11 heteroatoms. The minimum Gasteiger partial charge on any atom is -0.460 e. The topological polar surface area (TPSA) is 129 Å². The molecule has 4 aliphatic rings. The number of hydrogen-bond acceptors (Lipinski definition) is 8. The van der Waals surface area contributed by atoms with E-state index in [0.29, 0.717) is 18.5 Å². The second-order valence-corrected chi connectivity index (χ2v) is 13.2. The van der Waals surface area contributed by atoms with Gasteiger partial charge >= 0.3 is 5.97 Å². The fraction of sp³-hybridized carbons (Fsp3) is 0.474. The van der Waals surface area contributed by atoms with E-state index >= 15 is 4.79 Å². The summed E-state index contributed by atoms with van der Waals surface area (Å²) in [7, 11) is 0. The first kappa shape index (κ1) is 34.4. The molecule has 2 aromatic carbocycles. The Balaban J connectivity index is 1.45. The van der Waals surface area contributed by atoms with E-state index in [9.17, 15) is 19.5 Å². The molecule has 4 aliphatic heterocycles. The minimum atomic E-state index is -1.44. The van der Waals surface area contributed by atoms with Gasteiger partial charge in [-0.2, -0.15) is 0 Å². The van der Waals surface area contributed by atoms with E-state index in [1.807, 2.05) is 66.7 Å². The molecule has 0 aliphatic carbocycles. The van der Waals surface area contributed by atoms with Gasteiger partial charge in [0.05, 0.1) is 31.2 Å². The predicted octanol–water partition coefficient (Wildman–Crippen LogP) is 3.02. The molecule has 2 N–H and O–H groups in total. The van der Waals surface area contributed by atoms with E-state index in [-0.39, 0.29) is 25.4 Å². The number of allylic oxidation sites excluding steroid dienone is 1. The minimum absolute atomic E-state index is 0.125. The lowest BCUT2D eigenvalue weighted by molar-refractivity contribution is -0.159. The number of fused-ring (bicyclic) bond motifs is 2. The van der Waals surface area contributed by atoms with E-state index in [0.717, 1.165) is 24.3 Å². The number of hydrogen-bond donors (Lipinski definition) is 2. The maximum Gasteiger partial charge on any atom is 0.313 e. The zero-order chi connectivity index (χ0) is 34.7. The molecule has 7 atom stereocenters. The van der Waals surface area contributed by atoms with E-state index in [2.05, 4.69) is 24.1 Å². The number of rotatable bonds is 8. The fourth-order valence-electron chi connectivity index (χ4n) is 7.77. The highest BCUT2D eigenvalue weighted by atomic mass is 16.6. The zero-order valence-corrected chi connectivity index (χ0v) is 28.4. The number of likely N-dealkylation sites (tertiary alicyclic amines) is 1.